The van der Waals surface area contributed by atoms with Crippen LogP contribution in [0, 0.1) is 0 Å². The summed E-state index contributed by atoms with van der Waals surface area (Å²) in [6.07, 6.45) is 4.16. The number of hydrogen-bond acceptors (Lipinski definition) is 3. The van der Waals surface area contributed by atoms with E-state index in [-0.39, 0.29) is 0 Å². The number of aromatic nitrogens is 1. The van der Waals surface area contributed by atoms with Crippen molar-refractivity contribution in [2.75, 3.05) is 5.73 Å². The second kappa shape index (κ2) is 4.94. The number of benzene rings is 1. The molecule has 2 nitrogen and oxygen atoms in total. The van der Waals surface area contributed by atoms with Gasteiger partial charge in [0.05, 0.1) is 5.69 Å². The molecule has 1 atom stereocenters. The summed E-state index contributed by atoms with van der Waals surface area (Å²) >= 11 is 1.47. The summed E-state index contributed by atoms with van der Waals surface area (Å²) in [6, 6.07) is 10.4. The van der Waals surface area contributed by atoms with Crippen LogP contribution in [0.4, 0.5) is 5.13 Å². The molecule has 0 aliphatic heterocycles. The number of nitrogens with two attached hydrogens (primary N) is 1. The molecule has 2 rings (SSSR count). The summed E-state index contributed by atoms with van der Waals surface area (Å²) in [5.74, 6) is 0.393. The Hall–Kier alpha value is -1.61. The van der Waals surface area contributed by atoms with Crippen LogP contribution in [0.2, 0.25) is 0 Å². The highest BCUT2D eigenvalue weighted by Crippen LogP contribution is 2.18. The largest absolute Gasteiger partial charge is 0.375 e. The van der Waals surface area contributed by atoms with Gasteiger partial charge in [-0.25, -0.2) is 4.98 Å². The normalized spacial score (nSPS) is 13.1. The van der Waals surface area contributed by atoms with E-state index in [9.17, 15) is 0 Å². The Morgan fingerprint density at radius 3 is 2.69 bits per heavy atom. The van der Waals surface area contributed by atoms with Crippen LogP contribution in [0.25, 0.3) is 6.08 Å². The van der Waals surface area contributed by atoms with Crippen molar-refractivity contribution in [1.29, 1.82) is 0 Å². The molecule has 0 aliphatic carbocycles. The van der Waals surface area contributed by atoms with Gasteiger partial charge in [-0.15, -0.1) is 11.3 Å². The summed E-state index contributed by atoms with van der Waals surface area (Å²) in [4.78, 5) is 4.19. The Kier molecular flexibility index (Phi) is 3.37. The smallest absolute Gasteiger partial charge is 0.180 e. The first-order valence-corrected chi connectivity index (χ1v) is 6.08. The van der Waals surface area contributed by atoms with Crippen molar-refractivity contribution < 1.29 is 0 Å². The van der Waals surface area contributed by atoms with Crippen molar-refractivity contribution in [3.8, 4) is 0 Å². The lowest BCUT2D eigenvalue weighted by Crippen LogP contribution is -1.87. The Labute approximate surface area is 99.5 Å². The van der Waals surface area contributed by atoms with Crippen LogP contribution in [0.3, 0.4) is 0 Å². The molecule has 3 heteroatoms. The number of allylic oxidation sites excluding steroid dienone is 1. The third-order valence-electron chi connectivity index (χ3n) is 2.42. The van der Waals surface area contributed by atoms with Gasteiger partial charge in [0.15, 0.2) is 5.13 Å². The standard InChI is InChI=1S/C13H14N2S/c1-10(11-5-3-2-4-6-11)7-8-12-9-16-13(14)15-12/h2-10H,1H3,(H2,14,15). The van der Waals surface area contributed by atoms with Crippen molar-refractivity contribution in [1.82, 2.24) is 4.98 Å². The molecule has 0 amide bonds. The van der Waals surface area contributed by atoms with E-state index in [0.29, 0.717) is 11.0 Å². The first-order chi connectivity index (χ1) is 7.75. The fraction of sp³-hybridized carbons (Fsp3) is 0.154. The summed E-state index contributed by atoms with van der Waals surface area (Å²) in [7, 11) is 0. The number of anilines is 1. The molecule has 1 heterocycles. The highest BCUT2D eigenvalue weighted by Gasteiger charge is 2.00. The first kappa shape index (κ1) is 10.9. The molecule has 82 valence electrons. The minimum atomic E-state index is 0.393. The number of thiazole rings is 1. The average Bonchev–Trinajstić information content (AvgIpc) is 2.73. The van der Waals surface area contributed by atoms with Crippen LogP contribution in [0.1, 0.15) is 24.1 Å². The van der Waals surface area contributed by atoms with Crippen LogP contribution >= 0.6 is 11.3 Å². The van der Waals surface area contributed by atoms with Gasteiger partial charge in [-0.05, 0) is 17.6 Å². The Balaban J connectivity index is 2.08. The summed E-state index contributed by atoms with van der Waals surface area (Å²) in [6.45, 7) is 2.17. The van der Waals surface area contributed by atoms with E-state index in [1.165, 1.54) is 16.9 Å². The zero-order valence-electron chi connectivity index (χ0n) is 9.13. The van der Waals surface area contributed by atoms with Gasteiger partial charge in [0.25, 0.3) is 0 Å². The zero-order chi connectivity index (χ0) is 11.4. The molecule has 0 spiro atoms. The van der Waals surface area contributed by atoms with Crippen molar-refractivity contribution in [3.63, 3.8) is 0 Å². The lowest BCUT2D eigenvalue weighted by molar-refractivity contribution is 0.972. The van der Waals surface area contributed by atoms with Crippen LogP contribution < -0.4 is 5.73 Å². The molecule has 0 saturated heterocycles. The number of rotatable bonds is 3. The maximum Gasteiger partial charge on any atom is 0.180 e. The topological polar surface area (TPSA) is 38.9 Å². The minimum Gasteiger partial charge on any atom is -0.375 e. The highest BCUT2D eigenvalue weighted by molar-refractivity contribution is 7.13. The van der Waals surface area contributed by atoms with E-state index >= 15 is 0 Å². The van der Waals surface area contributed by atoms with Crippen molar-refractivity contribution in [2.24, 2.45) is 0 Å². The molecule has 1 aromatic carbocycles. The molecule has 0 fully saturated rings. The molecule has 1 unspecified atom stereocenters. The van der Waals surface area contributed by atoms with Gasteiger partial charge < -0.3 is 5.73 Å². The van der Waals surface area contributed by atoms with Crippen LogP contribution in [-0.4, -0.2) is 4.98 Å². The number of hydrogen-bond donors (Lipinski definition) is 1. The predicted octanol–water partition coefficient (Wildman–Crippen LogP) is 3.54. The molecule has 0 aliphatic rings. The second-order valence-electron chi connectivity index (χ2n) is 3.67. The monoisotopic (exact) mass is 230 g/mol. The van der Waals surface area contributed by atoms with Crippen LogP contribution in [0.15, 0.2) is 41.8 Å². The lowest BCUT2D eigenvalue weighted by Gasteiger charge is -2.04. The van der Waals surface area contributed by atoms with Gasteiger partial charge in [0, 0.05) is 5.38 Å². The maximum atomic E-state index is 5.57. The predicted molar refractivity (Wildman–Crippen MR) is 70.4 cm³/mol. The summed E-state index contributed by atoms with van der Waals surface area (Å²) in [5, 5.41) is 2.58. The fourth-order valence-electron chi connectivity index (χ4n) is 1.49. The van der Waals surface area contributed by atoms with Crippen LogP contribution in [-0.2, 0) is 0 Å². The molecular formula is C13H14N2S. The lowest BCUT2D eigenvalue weighted by atomic mass is 10.0. The van der Waals surface area contributed by atoms with Gasteiger partial charge >= 0.3 is 0 Å². The van der Waals surface area contributed by atoms with Crippen LogP contribution in [0.5, 0.6) is 0 Å². The first-order valence-electron chi connectivity index (χ1n) is 5.20. The SMILES string of the molecule is CC(C=Cc1csc(N)n1)c1ccccc1. The average molecular weight is 230 g/mol. The quantitative estimate of drug-likeness (QED) is 0.875. The fourth-order valence-corrected chi connectivity index (χ4v) is 2.02. The van der Waals surface area contributed by atoms with Gasteiger partial charge in [-0.1, -0.05) is 43.3 Å². The third kappa shape index (κ3) is 2.70. The van der Waals surface area contributed by atoms with E-state index in [2.05, 4.69) is 42.2 Å². The molecule has 1 aromatic heterocycles. The van der Waals surface area contributed by atoms with E-state index in [1.807, 2.05) is 17.5 Å². The molecule has 0 bridgehead atoms. The number of nitrogen functional groups attached to an aromatic ring is 1. The summed E-state index contributed by atoms with van der Waals surface area (Å²) < 4.78 is 0. The van der Waals surface area contributed by atoms with Gasteiger partial charge in [-0.3, -0.25) is 0 Å². The van der Waals surface area contributed by atoms with E-state index < -0.39 is 0 Å². The molecule has 0 saturated carbocycles. The second-order valence-corrected chi connectivity index (χ2v) is 4.56. The molecule has 0 radical (unpaired) electrons. The molecule has 16 heavy (non-hydrogen) atoms. The maximum absolute atomic E-state index is 5.57. The van der Waals surface area contributed by atoms with E-state index in [4.69, 9.17) is 5.73 Å². The zero-order valence-corrected chi connectivity index (χ0v) is 9.95. The van der Waals surface area contributed by atoms with E-state index in [0.717, 1.165) is 5.69 Å². The molecule has 2 aromatic rings. The van der Waals surface area contributed by atoms with Gasteiger partial charge in [-0.2, -0.15) is 0 Å². The Morgan fingerprint density at radius 2 is 2.06 bits per heavy atom. The van der Waals surface area contributed by atoms with Gasteiger partial charge in [0.1, 0.15) is 0 Å². The van der Waals surface area contributed by atoms with E-state index in [1.54, 1.807) is 0 Å². The molecular weight excluding hydrogens is 216 g/mol. The Morgan fingerprint density at radius 1 is 1.31 bits per heavy atom. The van der Waals surface area contributed by atoms with Gasteiger partial charge in [0.2, 0.25) is 0 Å². The minimum absolute atomic E-state index is 0.393. The van der Waals surface area contributed by atoms with Crippen molar-refractivity contribution in [2.45, 2.75) is 12.8 Å². The highest BCUT2D eigenvalue weighted by atomic mass is 32.1. The van der Waals surface area contributed by atoms with Crippen molar-refractivity contribution >= 4 is 22.5 Å². The Bertz CT molecular complexity index is 474. The third-order valence-corrected chi connectivity index (χ3v) is 3.11. The molecule has 2 N–H and O–H groups in total. The summed E-state index contributed by atoms with van der Waals surface area (Å²) in [5.41, 5.74) is 7.81. The van der Waals surface area contributed by atoms with Crippen molar-refractivity contribution in [3.05, 3.63) is 53.0 Å². The number of nitrogens with zero attached hydrogens (tertiary/aromatic N) is 1.